The number of hydrogen-bond donors (Lipinski definition) is 1. The van der Waals surface area contributed by atoms with E-state index in [4.69, 9.17) is 16.3 Å². The number of nitrogens with one attached hydrogen (secondary N) is 1. The Balaban J connectivity index is 1.48. The van der Waals surface area contributed by atoms with Crippen molar-refractivity contribution in [3.63, 3.8) is 0 Å². The Hall–Kier alpha value is -1.70. The van der Waals surface area contributed by atoms with Gasteiger partial charge in [-0.15, -0.1) is 11.3 Å². The highest BCUT2D eigenvalue weighted by Crippen LogP contribution is 2.25. The van der Waals surface area contributed by atoms with Crippen molar-refractivity contribution in [3.05, 3.63) is 40.1 Å². The van der Waals surface area contributed by atoms with Gasteiger partial charge in [-0.3, -0.25) is 15.0 Å². The van der Waals surface area contributed by atoms with Crippen molar-refractivity contribution in [2.24, 2.45) is 5.92 Å². The van der Waals surface area contributed by atoms with Gasteiger partial charge in [-0.05, 0) is 43.5 Å². The molecule has 0 bridgehead atoms. The van der Waals surface area contributed by atoms with Crippen LogP contribution in [0.1, 0.15) is 25.5 Å². The summed E-state index contributed by atoms with van der Waals surface area (Å²) in [5, 5.41) is 5.36. The average molecular weight is 398 g/mol. The highest BCUT2D eigenvalue weighted by atomic mass is 35.5. The van der Waals surface area contributed by atoms with Gasteiger partial charge in [0, 0.05) is 18.5 Å². The summed E-state index contributed by atoms with van der Waals surface area (Å²) in [5.74, 6) is 0.197. The van der Waals surface area contributed by atoms with Gasteiger partial charge in [0.1, 0.15) is 11.6 Å². The van der Waals surface area contributed by atoms with Crippen molar-refractivity contribution in [3.8, 4) is 5.75 Å². The summed E-state index contributed by atoms with van der Waals surface area (Å²) in [6, 6.07) is 3.77. The zero-order valence-electron chi connectivity index (χ0n) is 14.5. The van der Waals surface area contributed by atoms with Crippen LogP contribution in [0.25, 0.3) is 0 Å². The van der Waals surface area contributed by atoms with E-state index in [1.807, 2.05) is 5.38 Å². The number of anilines is 1. The maximum Gasteiger partial charge on any atom is 0.264 e. The van der Waals surface area contributed by atoms with Crippen LogP contribution in [0.5, 0.6) is 5.75 Å². The summed E-state index contributed by atoms with van der Waals surface area (Å²) in [6.07, 6.45) is 2.51. The molecule has 140 valence electrons. The molecule has 0 saturated carbocycles. The van der Waals surface area contributed by atoms with E-state index in [0.29, 0.717) is 5.13 Å². The summed E-state index contributed by atoms with van der Waals surface area (Å²) in [5.41, 5.74) is 0.960. The van der Waals surface area contributed by atoms with Gasteiger partial charge in [0.25, 0.3) is 5.91 Å². The fourth-order valence-corrected chi connectivity index (χ4v) is 3.93. The van der Waals surface area contributed by atoms with E-state index in [1.165, 1.54) is 36.3 Å². The highest BCUT2D eigenvalue weighted by molar-refractivity contribution is 7.13. The molecule has 26 heavy (non-hydrogen) atoms. The van der Waals surface area contributed by atoms with Crippen molar-refractivity contribution in [1.29, 1.82) is 0 Å². The molecule has 2 heterocycles. The van der Waals surface area contributed by atoms with Crippen molar-refractivity contribution in [2.45, 2.75) is 26.3 Å². The number of amides is 1. The minimum absolute atomic E-state index is 0.130. The molecular weight excluding hydrogens is 377 g/mol. The lowest BCUT2D eigenvalue weighted by Crippen LogP contribution is -2.33. The normalized spacial score (nSPS) is 17.9. The predicted molar refractivity (Wildman–Crippen MR) is 101 cm³/mol. The monoisotopic (exact) mass is 397 g/mol. The Morgan fingerprint density at radius 3 is 3.15 bits per heavy atom. The predicted octanol–water partition coefficient (Wildman–Crippen LogP) is 4.19. The van der Waals surface area contributed by atoms with Crippen LogP contribution in [0, 0.1) is 11.7 Å². The SMILES string of the molecule is CC1CCCN(Cc2csc(NC(=O)COc3ccc(F)cc3Cl)n2)C1. The van der Waals surface area contributed by atoms with Crippen molar-refractivity contribution >= 4 is 34.0 Å². The number of likely N-dealkylation sites (tertiary alicyclic amines) is 1. The Bertz CT molecular complexity index is 771. The number of piperidine rings is 1. The molecule has 1 unspecified atom stereocenters. The molecule has 1 saturated heterocycles. The van der Waals surface area contributed by atoms with E-state index in [0.717, 1.165) is 37.3 Å². The molecule has 3 rings (SSSR count). The van der Waals surface area contributed by atoms with Gasteiger partial charge in [-0.25, -0.2) is 9.37 Å². The highest BCUT2D eigenvalue weighted by Gasteiger charge is 2.17. The molecular formula is C18H21ClFN3O2S. The lowest BCUT2D eigenvalue weighted by atomic mass is 10.0. The van der Waals surface area contributed by atoms with Gasteiger partial charge in [-0.1, -0.05) is 18.5 Å². The molecule has 1 fully saturated rings. The summed E-state index contributed by atoms with van der Waals surface area (Å²) in [7, 11) is 0. The number of thiazole rings is 1. The number of ether oxygens (including phenoxy) is 1. The zero-order valence-corrected chi connectivity index (χ0v) is 16.1. The molecule has 0 radical (unpaired) electrons. The molecule has 1 aromatic heterocycles. The Morgan fingerprint density at radius 2 is 2.38 bits per heavy atom. The lowest BCUT2D eigenvalue weighted by Gasteiger charge is -2.30. The number of carbonyl (C=O) groups is 1. The fourth-order valence-electron chi connectivity index (χ4n) is 2.99. The smallest absolute Gasteiger partial charge is 0.264 e. The second kappa shape index (κ2) is 8.79. The molecule has 1 amide bonds. The quantitative estimate of drug-likeness (QED) is 0.794. The zero-order chi connectivity index (χ0) is 18.5. The van der Waals surface area contributed by atoms with Crippen molar-refractivity contribution in [1.82, 2.24) is 9.88 Å². The van der Waals surface area contributed by atoms with Crippen LogP contribution in [0.15, 0.2) is 23.6 Å². The third kappa shape index (κ3) is 5.40. The van der Waals surface area contributed by atoms with Crippen LogP contribution in [0.4, 0.5) is 9.52 Å². The van der Waals surface area contributed by atoms with Gasteiger partial charge in [0.15, 0.2) is 11.7 Å². The summed E-state index contributed by atoms with van der Waals surface area (Å²) < 4.78 is 18.3. The van der Waals surface area contributed by atoms with Gasteiger partial charge in [-0.2, -0.15) is 0 Å². The minimum Gasteiger partial charge on any atom is -0.482 e. The molecule has 0 aliphatic carbocycles. The van der Waals surface area contributed by atoms with E-state index in [-0.39, 0.29) is 23.3 Å². The van der Waals surface area contributed by atoms with Crippen LogP contribution in [0.2, 0.25) is 5.02 Å². The van der Waals surface area contributed by atoms with Crippen LogP contribution in [-0.4, -0.2) is 35.5 Å². The Labute approximate surface area is 161 Å². The Kier molecular flexibility index (Phi) is 6.45. The molecule has 1 aromatic carbocycles. The number of rotatable bonds is 6. The minimum atomic E-state index is -0.454. The number of carbonyl (C=O) groups excluding carboxylic acids is 1. The summed E-state index contributed by atoms with van der Waals surface area (Å²) in [4.78, 5) is 18.9. The molecule has 1 N–H and O–H groups in total. The van der Waals surface area contributed by atoms with Gasteiger partial charge >= 0.3 is 0 Å². The first-order chi connectivity index (χ1) is 12.5. The Morgan fingerprint density at radius 1 is 1.54 bits per heavy atom. The molecule has 5 nitrogen and oxygen atoms in total. The van der Waals surface area contributed by atoms with Gasteiger partial charge in [0.2, 0.25) is 0 Å². The second-order valence-electron chi connectivity index (χ2n) is 6.54. The van der Waals surface area contributed by atoms with E-state index in [2.05, 4.69) is 22.1 Å². The second-order valence-corrected chi connectivity index (χ2v) is 7.80. The number of nitrogens with zero attached hydrogens (tertiary/aromatic N) is 2. The van der Waals surface area contributed by atoms with Crippen molar-refractivity contribution < 1.29 is 13.9 Å². The van der Waals surface area contributed by atoms with Crippen LogP contribution in [-0.2, 0) is 11.3 Å². The molecule has 1 aliphatic rings. The number of aromatic nitrogens is 1. The van der Waals surface area contributed by atoms with Gasteiger partial charge < -0.3 is 4.74 Å². The summed E-state index contributed by atoms with van der Waals surface area (Å²) in [6.45, 7) is 5.04. The summed E-state index contributed by atoms with van der Waals surface area (Å²) >= 11 is 7.26. The largest absolute Gasteiger partial charge is 0.482 e. The maximum atomic E-state index is 13.0. The van der Waals surface area contributed by atoms with Crippen LogP contribution >= 0.6 is 22.9 Å². The van der Waals surface area contributed by atoms with Crippen LogP contribution in [0.3, 0.4) is 0 Å². The average Bonchev–Trinajstić information content (AvgIpc) is 3.01. The maximum absolute atomic E-state index is 13.0. The van der Waals surface area contributed by atoms with Crippen molar-refractivity contribution in [2.75, 3.05) is 25.0 Å². The molecule has 1 atom stereocenters. The standard InChI is InChI=1S/C18H21ClFN3O2S/c1-12-3-2-6-23(8-12)9-14-11-26-18(21-14)22-17(24)10-25-16-5-4-13(20)7-15(16)19/h4-5,7,11-12H,2-3,6,8-10H2,1H3,(H,21,22,24). The third-order valence-corrected chi connectivity index (χ3v) is 5.28. The molecule has 0 spiro atoms. The number of benzene rings is 1. The fraction of sp³-hybridized carbons (Fsp3) is 0.444. The lowest BCUT2D eigenvalue weighted by molar-refractivity contribution is -0.118. The molecule has 1 aliphatic heterocycles. The third-order valence-electron chi connectivity index (χ3n) is 4.18. The topological polar surface area (TPSA) is 54.5 Å². The first-order valence-corrected chi connectivity index (χ1v) is 9.80. The van der Waals surface area contributed by atoms with Gasteiger partial charge in [0.05, 0.1) is 10.7 Å². The number of halogens is 2. The first kappa shape index (κ1) is 19.1. The molecule has 2 aromatic rings. The number of hydrogen-bond acceptors (Lipinski definition) is 5. The molecule has 8 heteroatoms. The van der Waals surface area contributed by atoms with E-state index in [9.17, 15) is 9.18 Å². The van der Waals surface area contributed by atoms with Crippen LogP contribution < -0.4 is 10.1 Å². The van der Waals surface area contributed by atoms with E-state index < -0.39 is 5.82 Å². The first-order valence-electron chi connectivity index (χ1n) is 8.54. The van der Waals surface area contributed by atoms with E-state index >= 15 is 0 Å². The van der Waals surface area contributed by atoms with E-state index in [1.54, 1.807) is 0 Å².